The lowest BCUT2D eigenvalue weighted by Gasteiger charge is -2.14. The van der Waals surface area contributed by atoms with Gasteiger partial charge in [0.05, 0.1) is 0 Å². The fourth-order valence-corrected chi connectivity index (χ4v) is 8.52. The van der Waals surface area contributed by atoms with Crippen LogP contribution < -0.4 is 0 Å². The Morgan fingerprint density at radius 3 is 1.30 bits per heavy atom. The van der Waals surface area contributed by atoms with Crippen LogP contribution in [0.15, 0.2) is 203 Å². The van der Waals surface area contributed by atoms with Gasteiger partial charge in [0.2, 0.25) is 0 Å². The molecule has 2 nitrogen and oxygen atoms in total. The molecule has 252 valence electrons. The summed E-state index contributed by atoms with van der Waals surface area (Å²) in [6.07, 6.45) is 0. The van der Waals surface area contributed by atoms with E-state index in [2.05, 4.69) is 182 Å². The second-order valence-corrected chi connectivity index (χ2v) is 13.9. The highest BCUT2D eigenvalue weighted by Crippen LogP contribution is 2.46. The van der Waals surface area contributed by atoms with Crippen molar-refractivity contribution in [3.8, 4) is 33.4 Å². The minimum Gasteiger partial charge on any atom is -0.455 e. The van der Waals surface area contributed by atoms with Gasteiger partial charge in [0.25, 0.3) is 0 Å². The topological polar surface area (TPSA) is 26.3 Å². The third-order valence-electron chi connectivity index (χ3n) is 10.9. The Kier molecular flexibility index (Phi) is 6.90. The minimum absolute atomic E-state index is 0.862. The van der Waals surface area contributed by atoms with E-state index in [9.17, 15) is 0 Å². The van der Waals surface area contributed by atoms with Crippen LogP contribution in [-0.4, -0.2) is 0 Å². The molecule has 0 unspecified atom stereocenters. The van der Waals surface area contributed by atoms with E-state index < -0.39 is 0 Å². The lowest BCUT2D eigenvalue weighted by Crippen LogP contribution is -1.87. The molecule has 0 bridgehead atoms. The van der Waals surface area contributed by atoms with Gasteiger partial charge in [-0.25, -0.2) is 0 Å². The van der Waals surface area contributed by atoms with E-state index in [4.69, 9.17) is 8.83 Å². The van der Waals surface area contributed by atoms with Crippen molar-refractivity contribution >= 4 is 76.2 Å². The Balaban J connectivity index is 1.15. The first-order chi connectivity index (χ1) is 26.8. The van der Waals surface area contributed by atoms with Crippen LogP contribution in [0, 0.1) is 0 Å². The van der Waals surface area contributed by atoms with E-state index in [1.54, 1.807) is 0 Å². The Morgan fingerprint density at radius 2 is 0.648 bits per heavy atom. The smallest absolute Gasteiger partial charge is 0.144 e. The molecular weight excluding hydrogens is 657 g/mol. The summed E-state index contributed by atoms with van der Waals surface area (Å²) >= 11 is 0. The molecule has 0 saturated heterocycles. The van der Waals surface area contributed by atoms with Gasteiger partial charge in [0.15, 0.2) is 0 Å². The first kappa shape index (κ1) is 30.5. The third-order valence-corrected chi connectivity index (χ3v) is 10.9. The maximum atomic E-state index is 6.85. The summed E-state index contributed by atoms with van der Waals surface area (Å²) in [6.45, 7) is 0. The number of hydrogen-bond donors (Lipinski definition) is 0. The molecule has 0 amide bonds. The van der Waals surface area contributed by atoms with Gasteiger partial charge in [0.1, 0.15) is 22.3 Å². The molecule has 0 radical (unpaired) electrons. The Hall–Kier alpha value is -7.16. The molecule has 11 rings (SSSR count). The zero-order chi connectivity index (χ0) is 35.6. The van der Waals surface area contributed by atoms with E-state index >= 15 is 0 Å². The molecule has 2 heterocycles. The van der Waals surface area contributed by atoms with Gasteiger partial charge in [0, 0.05) is 32.3 Å². The van der Waals surface area contributed by atoms with Gasteiger partial charge in [-0.1, -0.05) is 176 Å². The molecular formula is C52H32O2. The molecule has 9 aromatic carbocycles. The predicted octanol–water partition coefficient (Wildman–Crippen LogP) is 15.1. The van der Waals surface area contributed by atoms with Crippen LogP contribution in [0.5, 0.6) is 0 Å². The van der Waals surface area contributed by atoms with Gasteiger partial charge < -0.3 is 8.83 Å². The Bertz CT molecular complexity index is 3330. The quantitative estimate of drug-likeness (QED) is 0.185. The molecule has 0 N–H and O–H groups in total. The van der Waals surface area contributed by atoms with Crippen LogP contribution in [0.4, 0.5) is 0 Å². The highest BCUT2D eigenvalue weighted by atomic mass is 16.3. The summed E-state index contributed by atoms with van der Waals surface area (Å²) in [5.41, 5.74) is 10.6. The SMILES string of the molecule is c1ccc(-c2ccccccc(-c3ccc(-c4ccc5c(c4)oc4c6ccccc6c6oc7ccccc7c6c54)c4ccccc34)c3ccccc23)cc1. The molecule has 2 heteroatoms. The number of rotatable bonds is 3. The number of hydrogen-bond acceptors (Lipinski definition) is 2. The molecule has 0 spiro atoms. The Labute approximate surface area is 311 Å². The number of fused-ring (bicyclic) bond motifs is 12. The van der Waals surface area contributed by atoms with E-state index in [1.807, 2.05) is 12.1 Å². The predicted molar refractivity (Wildman–Crippen MR) is 227 cm³/mol. The lowest BCUT2D eigenvalue weighted by atomic mass is 9.89. The third kappa shape index (κ3) is 4.67. The highest BCUT2D eigenvalue weighted by Gasteiger charge is 2.21. The molecule has 0 saturated carbocycles. The van der Waals surface area contributed by atoms with Crippen molar-refractivity contribution in [1.29, 1.82) is 0 Å². The molecule has 2 aromatic heterocycles. The molecule has 0 aliphatic rings. The second kappa shape index (κ2) is 12.2. The molecule has 11 aromatic rings. The van der Waals surface area contributed by atoms with Crippen molar-refractivity contribution < 1.29 is 8.83 Å². The average Bonchev–Trinajstić information content (AvgIpc) is 3.81. The zero-order valence-corrected chi connectivity index (χ0v) is 29.3. The zero-order valence-electron chi connectivity index (χ0n) is 29.3. The Morgan fingerprint density at radius 1 is 0.241 bits per heavy atom. The number of para-hydroxylation sites is 1. The van der Waals surface area contributed by atoms with Gasteiger partial charge in [-0.3, -0.25) is 0 Å². The van der Waals surface area contributed by atoms with Gasteiger partial charge in [-0.05, 0) is 73.1 Å². The summed E-state index contributed by atoms with van der Waals surface area (Å²) in [6, 6.07) is 69.1. The monoisotopic (exact) mass is 688 g/mol. The first-order valence-corrected chi connectivity index (χ1v) is 18.4. The number of furan rings is 2. The molecule has 0 aliphatic carbocycles. The summed E-state index contributed by atoms with van der Waals surface area (Å²) in [7, 11) is 0. The molecule has 54 heavy (non-hydrogen) atoms. The van der Waals surface area contributed by atoms with E-state index in [1.165, 1.54) is 43.8 Å². The summed E-state index contributed by atoms with van der Waals surface area (Å²) in [5, 5.41) is 11.3. The van der Waals surface area contributed by atoms with E-state index in [-0.39, 0.29) is 0 Å². The van der Waals surface area contributed by atoms with Gasteiger partial charge in [-0.15, -0.1) is 0 Å². The maximum absolute atomic E-state index is 6.85. The van der Waals surface area contributed by atoms with Crippen molar-refractivity contribution in [2.24, 2.45) is 0 Å². The van der Waals surface area contributed by atoms with E-state index in [0.717, 1.165) is 65.8 Å². The van der Waals surface area contributed by atoms with Gasteiger partial charge >= 0.3 is 0 Å². The van der Waals surface area contributed by atoms with Crippen LogP contribution in [-0.2, 0) is 0 Å². The van der Waals surface area contributed by atoms with Crippen molar-refractivity contribution in [3.05, 3.63) is 194 Å². The van der Waals surface area contributed by atoms with Gasteiger partial charge in [-0.2, -0.15) is 0 Å². The second-order valence-electron chi connectivity index (χ2n) is 13.9. The van der Waals surface area contributed by atoms with Crippen LogP contribution in [0.3, 0.4) is 0 Å². The number of benzene rings is 8. The molecule has 0 atom stereocenters. The standard InChI is InChI=1S/C52H32O2/c1-2-7-19-41(39-22-10-8-20-37(39)35(18-6-1)33-16-4-3-5-17-33)42-31-30-36(38-21-9-11-23-40(38)42)34-28-29-46-48(32-34)54-52-44-25-13-12-24-43(44)51-49(50(46)52)45-26-14-15-27-47(45)53-51/h1-32H. The van der Waals surface area contributed by atoms with E-state index in [0.29, 0.717) is 0 Å². The van der Waals surface area contributed by atoms with Crippen molar-refractivity contribution in [3.63, 3.8) is 0 Å². The van der Waals surface area contributed by atoms with Crippen LogP contribution >= 0.6 is 0 Å². The van der Waals surface area contributed by atoms with Crippen molar-refractivity contribution in [2.45, 2.75) is 0 Å². The minimum atomic E-state index is 0.862. The highest BCUT2D eigenvalue weighted by molar-refractivity contribution is 6.34. The average molecular weight is 689 g/mol. The summed E-state index contributed by atoms with van der Waals surface area (Å²) < 4.78 is 13.4. The maximum Gasteiger partial charge on any atom is 0.144 e. The molecule has 0 aliphatic heterocycles. The van der Waals surface area contributed by atoms with Crippen LogP contribution in [0.25, 0.3) is 110 Å². The van der Waals surface area contributed by atoms with Crippen molar-refractivity contribution in [1.82, 2.24) is 0 Å². The first-order valence-electron chi connectivity index (χ1n) is 18.4. The fourth-order valence-electron chi connectivity index (χ4n) is 8.52. The van der Waals surface area contributed by atoms with Crippen LogP contribution in [0.2, 0.25) is 0 Å². The fraction of sp³-hybridized carbons (Fsp3) is 0. The largest absolute Gasteiger partial charge is 0.455 e. The summed E-state index contributed by atoms with van der Waals surface area (Å²) in [4.78, 5) is 0. The van der Waals surface area contributed by atoms with Crippen LogP contribution in [0.1, 0.15) is 0 Å². The van der Waals surface area contributed by atoms with Crippen molar-refractivity contribution in [2.75, 3.05) is 0 Å². The molecule has 0 fully saturated rings. The normalized spacial score (nSPS) is 11.7. The summed E-state index contributed by atoms with van der Waals surface area (Å²) in [5.74, 6) is 0. The lowest BCUT2D eigenvalue weighted by molar-refractivity contribution is 0.668.